The predicted octanol–water partition coefficient (Wildman–Crippen LogP) is 7.69. The van der Waals surface area contributed by atoms with Crippen LogP contribution in [-0.4, -0.2) is 58.8 Å². The molecule has 0 atom stereocenters. The third kappa shape index (κ3) is 7.78. The van der Waals surface area contributed by atoms with Crippen molar-refractivity contribution in [3.63, 3.8) is 0 Å². The first-order valence-corrected chi connectivity index (χ1v) is 17.3. The van der Waals surface area contributed by atoms with E-state index >= 15 is 0 Å². The van der Waals surface area contributed by atoms with Gasteiger partial charge in [0.05, 0.1) is 22.8 Å². The Hall–Kier alpha value is -3.95. The SMILES string of the molecule is CCC1=C(C)c2cc3[n-]c(cc4nc(cc5[n-]c(cc1n2)c(C)c5CCCN(C)C(C)=O)C(CCCN(C)C(C)=O)=C4C)c(C)c3CC.[Co+2]. The minimum Gasteiger partial charge on any atom is -0.657 e. The average molecular weight is 706 g/mol. The molecule has 2 amide bonds. The Morgan fingerprint density at radius 2 is 1.04 bits per heavy atom. The molecular weight excluding hydrogens is 655 g/mol. The van der Waals surface area contributed by atoms with Gasteiger partial charge in [-0.05, 0) is 88.5 Å². The smallest absolute Gasteiger partial charge is 0.657 e. The van der Waals surface area contributed by atoms with E-state index in [1.54, 1.807) is 23.6 Å². The van der Waals surface area contributed by atoms with Crippen molar-refractivity contribution in [2.45, 2.75) is 93.9 Å². The third-order valence-corrected chi connectivity index (χ3v) is 10.3. The summed E-state index contributed by atoms with van der Waals surface area (Å²) in [7, 11) is 3.70. The molecule has 3 aromatic heterocycles. The predicted molar refractivity (Wildman–Crippen MR) is 197 cm³/mol. The van der Waals surface area contributed by atoms with Crippen molar-refractivity contribution >= 4 is 56.2 Å². The number of nitrogens with zero attached hydrogens (tertiary/aromatic N) is 6. The molecule has 5 heterocycles. The fourth-order valence-corrected chi connectivity index (χ4v) is 6.89. The second-order valence-corrected chi connectivity index (χ2v) is 13.3. The molecule has 0 spiro atoms. The molecule has 0 fully saturated rings. The molecule has 2 aliphatic rings. The van der Waals surface area contributed by atoms with Crippen molar-refractivity contribution in [1.82, 2.24) is 29.7 Å². The van der Waals surface area contributed by atoms with Crippen molar-refractivity contribution in [3.05, 3.63) is 69.3 Å². The molecule has 2 aliphatic heterocycles. The van der Waals surface area contributed by atoms with E-state index in [1.807, 2.05) is 14.1 Å². The Kier molecular flexibility index (Phi) is 12.1. The summed E-state index contributed by atoms with van der Waals surface area (Å²) in [5.74, 6) is 0.131. The number of rotatable bonds is 10. The maximum atomic E-state index is 11.9. The maximum Gasteiger partial charge on any atom is 2.00 e. The van der Waals surface area contributed by atoms with Crippen molar-refractivity contribution in [3.8, 4) is 0 Å². The van der Waals surface area contributed by atoms with Gasteiger partial charge in [0.15, 0.2) is 0 Å². The average Bonchev–Trinajstić information content (AvgIpc) is 3.70. The molecule has 0 saturated heterocycles. The van der Waals surface area contributed by atoms with E-state index in [9.17, 15) is 9.59 Å². The largest absolute Gasteiger partial charge is 2.00 e. The Bertz CT molecular complexity index is 2000. The first-order valence-electron chi connectivity index (χ1n) is 17.3. The number of aryl methyl sites for hydroxylation is 4. The molecule has 0 unspecified atom stereocenters. The van der Waals surface area contributed by atoms with Gasteiger partial charge in [-0.15, -0.1) is 22.1 Å². The number of amides is 2. The van der Waals surface area contributed by atoms with Crippen molar-refractivity contribution in [2.75, 3.05) is 27.2 Å². The first kappa shape index (κ1) is 37.9. The van der Waals surface area contributed by atoms with Crippen LogP contribution in [0.3, 0.4) is 0 Å². The molecule has 8 bridgehead atoms. The molecule has 1 radical (unpaired) electrons. The molecule has 0 N–H and O–H groups in total. The van der Waals surface area contributed by atoms with Crippen molar-refractivity contribution < 1.29 is 26.4 Å². The summed E-state index contributed by atoms with van der Waals surface area (Å²) in [4.78, 5) is 48.2. The van der Waals surface area contributed by atoms with Gasteiger partial charge in [-0.1, -0.05) is 60.4 Å². The van der Waals surface area contributed by atoms with Crippen molar-refractivity contribution in [1.29, 1.82) is 0 Å². The van der Waals surface area contributed by atoms with Gasteiger partial charge >= 0.3 is 16.8 Å². The van der Waals surface area contributed by atoms with Crippen LogP contribution < -0.4 is 9.97 Å². The zero-order valence-electron chi connectivity index (χ0n) is 30.8. The van der Waals surface area contributed by atoms with Crippen LogP contribution in [-0.2, 0) is 39.2 Å². The van der Waals surface area contributed by atoms with E-state index in [1.165, 1.54) is 33.4 Å². The zero-order chi connectivity index (χ0) is 34.9. The summed E-state index contributed by atoms with van der Waals surface area (Å²) in [5.41, 5.74) is 16.9. The van der Waals surface area contributed by atoms with E-state index < -0.39 is 0 Å². The van der Waals surface area contributed by atoms with Crippen LogP contribution >= 0.6 is 0 Å². The monoisotopic (exact) mass is 705 g/mol. The molecule has 0 aliphatic carbocycles. The Balaban J connectivity index is 0.00000541. The molecule has 8 nitrogen and oxygen atoms in total. The van der Waals surface area contributed by atoms with Crippen LogP contribution in [0.2, 0.25) is 0 Å². The van der Waals surface area contributed by atoms with Gasteiger partial charge < -0.3 is 19.8 Å². The number of allylic oxidation sites excluding steroid dienone is 4. The van der Waals surface area contributed by atoms with Gasteiger partial charge in [0, 0.05) is 41.0 Å². The summed E-state index contributed by atoms with van der Waals surface area (Å²) in [6.45, 7) is 17.5. The van der Waals surface area contributed by atoms with Gasteiger partial charge in [-0.25, -0.2) is 9.97 Å². The number of hydrogen-bond donors (Lipinski definition) is 0. The standard InChI is InChI=1S/C40H50N6O2.Co/c1-11-29-23(3)33-19-34-25(5)31(15-13-17-45(9)27(7)47)39(43-34)22-40-32(16-14-18-46(10)28(8)48)26(6)36(44-40)21-38-30(12-2)24(4)35(42-38)20-37(29)41-33;/h19-22H,11-18H2,1-10H3;/q-2;+2. The van der Waals surface area contributed by atoms with Crippen LogP contribution in [0, 0.1) is 13.8 Å². The fraction of sp³-hybridized carbons (Fsp3) is 0.450. The second kappa shape index (κ2) is 15.7. The van der Waals surface area contributed by atoms with Gasteiger partial charge in [-0.2, -0.15) is 0 Å². The van der Waals surface area contributed by atoms with E-state index in [0.717, 1.165) is 94.5 Å². The number of hydrogen-bond acceptors (Lipinski definition) is 4. The minimum atomic E-state index is 0. The number of fused-ring (bicyclic) bond motifs is 8. The number of carbonyl (C=O) groups excluding carboxylic acids is 2. The minimum absolute atomic E-state index is 0. The van der Waals surface area contributed by atoms with Crippen LogP contribution in [0.4, 0.5) is 0 Å². The zero-order valence-corrected chi connectivity index (χ0v) is 31.8. The first-order chi connectivity index (χ1) is 22.8. The maximum absolute atomic E-state index is 11.9. The van der Waals surface area contributed by atoms with E-state index in [-0.39, 0.29) is 28.6 Å². The molecule has 9 heteroatoms. The molecule has 0 aromatic carbocycles. The molecule has 3 aromatic rings. The van der Waals surface area contributed by atoms with E-state index in [4.69, 9.17) is 19.9 Å². The summed E-state index contributed by atoms with van der Waals surface area (Å²) >= 11 is 0. The Morgan fingerprint density at radius 3 is 1.57 bits per heavy atom. The second-order valence-electron chi connectivity index (χ2n) is 13.3. The van der Waals surface area contributed by atoms with Crippen LogP contribution in [0.25, 0.3) is 44.4 Å². The number of carbonyl (C=O) groups is 2. The third-order valence-electron chi connectivity index (χ3n) is 10.3. The van der Waals surface area contributed by atoms with Crippen LogP contribution in [0.5, 0.6) is 0 Å². The fourth-order valence-electron chi connectivity index (χ4n) is 6.89. The summed E-state index contributed by atoms with van der Waals surface area (Å²) in [6.07, 6.45) is 4.99. The molecule has 5 rings (SSSR count). The van der Waals surface area contributed by atoms with E-state index in [2.05, 4.69) is 65.8 Å². The molecule has 261 valence electrons. The van der Waals surface area contributed by atoms with Gasteiger partial charge in [-0.3, -0.25) is 9.59 Å². The van der Waals surface area contributed by atoms with E-state index in [0.29, 0.717) is 13.1 Å². The summed E-state index contributed by atoms with van der Waals surface area (Å²) < 4.78 is 0. The van der Waals surface area contributed by atoms with Crippen LogP contribution in [0.1, 0.15) is 112 Å². The Morgan fingerprint density at radius 1 is 0.612 bits per heavy atom. The molecule has 0 saturated carbocycles. The van der Waals surface area contributed by atoms with Gasteiger partial charge in [0.1, 0.15) is 0 Å². The van der Waals surface area contributed by atoms with Crippen molar-refractivity contribution in [2.24, 2.45) is 0 Å². The molecular formula is C40H50CoN6O2. The Labute approximate surface area is 301 Å². The molecule has 49 heavy (non-hydrogen) atoms. The summed E-state index contributed by atoms with van der Waals surface area (Å²) in [5, 5.41) is 0. The normalized spacial score (nSPS) is 12.8. The number of aromatic nitrogens is 4. The van der Waals surface area contributed by atoms with Gasteiger partial charge in [0.25, 0.3) is 0 Å². The topological polar surface area (TPSA) is 94.6 Å². The van der Waals surface area contributed by atoms with Gasteiger partial charge in [0.2, 0.25) is 11.8 Å². The summed E-state index contributed by atoms with van der Waals surface area (Å²) in [6, 6.07) is 8.57. The quantitative estimate of drug-likeness (QED) is 0.215. The van der Waals surface area contributed by atoms with Crippen LogP contribution in [0.15, 0.2) is 24.3 Å².